The summed E-state index contributed by atoms with van der Waals surface area (Å²) < 4.78 is 0. The molecule has 0 radical (unpaired) electrons. The summed E-state index contributed by atoms with van der Waals surface area (Å²) in [6.45, 7) is 10.9. The van der Waals surface area contributed by atoms with E-state index in [1.807, 2.05) is 0 Å². The van der Waals surface area contributed by atoms with Crippen LogP contribution < -0.4 is 0 Å². The Labute approximate surface area is 70.1 Å². The second kappa shape index (κ2) is 2.98. The first kappa shape index (κ1) is 8.79. The largest absolute Gasteiger partial charge is 0.300 e. The summed E-state index contributed by atoms with van der Waals surface area (Å²) in [4.78, 5) is 2.44. The van der Waals surface area contributed by atoms with Crippen molar-refractivity contribution in [1.82, 2.24) is 4.90 Å². The van der Waals surface area contributed by atoms with Gasteiger partial charge in [-0.15, -0.1) is 0 Å². The minimum atomic E-state index is 0.659. The van der Waals surface area contributed by atoms with Crippen molar-refractivity contribution < 1.29 is 0 Å². The number of hydrogen-bond donors (Lipinski definition) is 0. The molecule has 1 fully saturated rings. The van der Waals surface area contributed by atoms with E-state index in [2.05, 4.69) is 39.3 Å². The van der Waals surface area contributed by atoms with Crippen molar-refractivity contribution in [1.29, 1.82) is 0 Å². The molecule has 0 N–H and O–H groups in total. The topological polar surface area (TPSA) is 3.24 Å². The quantitative estimate of drug-likeness (QED) is 0.483. The minimum Gasteiger partial charge on any atom is -0.300 e. The highest BCUT2D eigenvalue weighted by molar-refractivity contribution is 5.08. The molecule has 0 amide bonds. The molecule has 11 heavy (non-hydrogen) atoms. The third-order valence-electron chi connectivity index (χ3n) is 3.26. The van der Waals surface area contributed by atoms with Crippen LogP contribution in [0.1, 0.15) is 27.2 Å². The molecule has 3 unspecified atom stereocenters. The minimum absolute atomic E-state index is 0.659. The van der Waals surface area contributed by atoms with Crippen molar-refractivity contribution in [2.24, 2.45) is 5.92 Å². The summed E-state index contributed by atoms with van der Waals surface area (Å²) >= 11 is 0. The lowest BCUT2D eigenvalue weighted by Gasteiger charge is -2.41. The fraction of sp³-hybridized carbons (Fsp3) is 0.800. The summed E-state index contributed by atoms with van der Waals surface area (Å²) in [6, 6.07) is 1.33. The van der Waals surface area contributed by atoms with Crippen molar-refractivity contribution >= 4 is 0 Å². The molecule has 0 bridgehead atoms. The molecule has 1 saturated heterocycles. The zero-order valence-electron chi connectivity index (χ0n) is 8.09. The summed E-state index contributed by atoms with van der Waals surface area (Å²) in [5, 5.41) is 0. The van der Waals surface area contributed by atoms with Gasteiger partial charge in [0, 0.05) is 12.1 Å². The van der Waals surface area contributed by atoms with E-state index in [0.29, 0.717) is 18.0 Å². The summed E-state index contributed by atoms with van der Waals surface area (Å²) in [5.41, 5.74) is 1.42. The Balaban J connectivity index is 2.70. The molecule has 0 aromatic rings. The van der Waals surface area contributed by atoms with Gasteiger partial charge >= 0.3 is 0 Å². The highest BCUT2D eigenvalue weighted by Gasteiger charge is 2.28. The molecular weight excluding hydrogens is 134 g/mol. The predicted octanol–water partition coefficient (Wildman–Crippen LogP) is 2.29. The third-order valence-corrected chi connectivity index (χ3v) is 3.26. The van der Waals surface area contributed by atoms with Crippen molar-refractivity contribution in [3.05, 3.63) is 12.2 Å². The Morgan fingerprint density at radius 1 is 1.36 bits per heavy atom. The Kier molecular flexibility index (Phi) is 2.38. The van der Waals surface area contributed by atoms with Crippen molar-refractivity contribution in [2.45, 2.75) is 39.3 Å². The number of piperidine rings is 1. The lowest BCUT2D eigenvalue weighted by atomic mass is 9.85. The first-order chi connectivity index (χ1) is 5.04. The molecular formula is C10H19N. The van der Waals surface area contributed by atoms with Crippen LogP contribution in [0, 0.1) is 5.92 Å². The summed E-state index contributed by atoms with van der Waals surface area (Å²) in [5.74, 6) is 0.663. The highest BCUT2D eigenvalue weighted by Crippen LogP contribution is 2.29. The lowest BCUT2D eigenvalue weighted by molar-refractivity contribution is 0.129. The number of nitrogens with zero attached hydrogens (tertiary/aromatic N) is 1. The molecule has 1 aliphatic heterocycles. The van der Waals surface area contributed by atoms with E-state index in [4.69, 9.17) is 0 Å². The van der Waals surface area contributed by atoms with Gasteiger partial charge in [-0.3, -0.25) is 0 Å². The first-order valence-electron chi connectivity index (χ1n) is 4.43. The van der Waals surface area contributed by atoms with Gasteiger partial charge in [0.2, 0.25) is 0 Å². The molecule has 1 aliphatic rings. The summed E-state index contributed by atoms with van der Waals surface area (Å²) in [7, 11) is 2.21. The Morgan fingerprint density at radius 3 is 2.45 bits per heavy atom. The van der Waals surface area contributed by atoms with Gasteiger partial charge in [0.25, 0.3) is 0 Å². The summed E-state index contributed by atoms with van der Waals surface area (Å²) in [6.07, 6.45) is 1.17. The second-order valence-corrected chi connectivity index (χ2v) is 3.91. The second-order valence-electron chi connectivity index (χ2n) is 3.91. The van der Waals surface area contributed by atoms with E-state index in [9.17, 15) is 0 Å². The average molecular weight is 153 g/mol. The zero-order chi connectivity index (χ0) is 8.59. The van der Waals surface area contributed by atoms with Gasteiger partial charge in [0.1, 0.15) is 0 Å². The molecule has 0 aromatic carbocycles. The normalized spacial score (nSPS) is 41.1. The van der Waals surface area contributed by atoms with E-state index in [1.165, 1.54) is 12.0 Å². The molecule has 1 heterocycles. The van der Waals surface area contributed by atoms with Crippen molar-refractivity contribution in [3.63, 3.8) is 0 Å². The van der Waals surface area contributed by atoms with Gasteiger partial charge in [-0.25, -0.2) is 0 Å². The SMILES string of the molecule is C=C1CC(C)N(C)C(C)C1C. The van der Waals surface area contributed by atoms with Gasteiger partial charge in [-0.05, 0) is 33.2 Å². The van der Waals surface area contributed by atoms with Crippen LogP contribution in [-0.2, 0) is 0 Å². The Hall–Kier alpha value is -0.300. The first-order valence-corrected chi connectivity index (χ1v) is 4.43. The van der Waals surface area contributed by atoms with Gasteiger partial charge in [0.05, 0.1) is 0 Å². The van der Waals surface area contributed by atoms with Crippen LogP contribution in [0.4, 0.5) is 0 Å². The smallest absolute Gasteiger partial charge is 0.0130 e. The van der Waals surface area contributed by atoms with Crippen LogP contribution in [0.25, 0.3) is 0 Å². The maximum Gasteiger partial charge on any atom is 0.0130 e. The Morgan fingerprint density at radius 2 is 1.91 bits per heavy atom. The monoisotopic (exact) mass is 153 g/mol. The van der Waals surface area contributed by atoms with Gasteiger partial charge in [0.15, 0.2) is 0 Å². The van der Waals surface area contributed by atoms with E-state index in [0.717, 1.165) is 0 Å². The number of rotatable bonds is 0. The number of hydrogen-bond acceptors (Lipinski definition) is 1. The van der Waals surface area contributed by atoms with Crippen LogP contribution in [0.5, 0.6) is 0 Å². The molecule has 1 heteroatoms. The third kappa shape index (κ3) is 1.48. The van der Waals surface area contributed by atoms with Gasteiger partial charge in [-0.2, -0.15) is 0 Å². The van der Waals surface area contributed by atoms with E-state index < -0.39 is 0 Å². The predicted molar refractivity (Wildman–Crippen MR) is 49.6 cm³/mol. The van der Waals surface area contributed by atoms with Crippen LogP contribution >= 0.6 is 0 Å². The maximum absolute atomic E-state index is 4.10. The molecule has 0 saturated carbocycles. The van der Waals surface area contributed by atoms with Gasteiger partial charge < -0.3 is 4.90 Å². The average Bonchev–Trinajstić information content (AvgIpc) is 1.97. The molecule has 0 spiro atoms. The fourth-order valence-corrected chi connectivity index (χ4v) is 1.80. The standard InChI is InChI=1S/C10H19N/c1-7-6-8(2)11(5)10(4)9(7)3/h8-10H,1,6H2,2-5H3. The van der Waals surface area contributed by atoms with E-state index >= 15 is 0 Å². The molecule has 64 valence electrons. The zero-order valence-corrected chi connectivity index (χ0v) is 8.09. The number of likely N-dealkylation sites (tertiary alicyclic amines) is 1. The molecule has 0 aromatic heterocycles. The van der Waals surface area contributed by atoms with Crippen LogP contribution in [-0.4, -0.2) is 24.0 Å². The maximum atomic E-state index is 4.10. The van der Waals surface area contributed by atoms with Crippen LogP contribution in [0.3, 0.4) is 0 Å². The molecule has 0 aliphatic carbocycles. The molecule has 3 atom stereocenters. The van der Waals surface area contributed by atoms with Crippen molar-refractivity contribution in [2.75, 3.05) is 7.05 Å². The van der Waals surface area contributed by atoms with Crippen LogP contribution in [0.15, 0.2) is 12.2 Å². The Bertz CT molecular complexity index is 162. The van der Waals surface area contributed by atoms with Crippen LogP contribution in [0.2, 0.25) is 0 Å². The lowest BCUT2D eigenvalue weighted by Crippen LogP contribution is -2.45. The molecule has 1 nitrogen and oxygen atoms in total. The fourth-order valence-electron chi connectivity index (χ4n) is 1.80. The highest BCUT2D eigenvalue weighted by atomic mass is 15.2. The van der Waals surface area contributed by atoms with E-state index in [1.54, 1.807) is 0 Å². The van der Waals surface area contributed by atoms with E-state index in [-0.39, 0.29) is 0 Å². The van der Waals surface area contributed by atoms with Gasteiger partial charge in [-0.1, -0.05) is 19.1 Å². The van der Waals surface area contributed by atoms with Crippen molar-refractivity contribution in [3.8, 4) is 0 Å². The molecule has 1 rings (SSSR count).